The lowest BCUT2D eigenvalue weighted by atomic mass is 9.80. The number of nitrogens with zero attached hydrogens (tertiary/aromatic N) is 2. The zero-order chi connectivity index (χ0) is 11.8. The Kier molecular flexibility index (Phi) is 3.37. The van der Waals surface area contributed by atoms with E-state index in [4.69, 9.17) is 5.73 Å². The Morgan fingerprint density at radius 1 is 1.62 bits per heavy atom. The molecule has 90 valence electrons. The molecule has 0 unspecified atom stereocenters. The molecule has 1 heterocycles. The number of aromatic nitrogens is 2. The molecule has 1 aromatic heterocycles. The first-order valence-corrected chi connectivity index (χ1v) is 6.56. The van der Waals surface area contributed by atoms with Crippen LogP contribution in [0, 0.1) is 0 Å². The van der Waals surface area contributed by atoms with E-state index in [1.165, 1.54) is 0 Å². The van der Waals surface area contributed by atoms with E-state index < -0.39 is 5.60 Å². The van der Waals surface area contributed by atoms with Crippen LogP contribution in [0.5, 0.6) is 0 Å². The molecule has 0 aromatic carbocycles. The topological polar surface area (TPSA) is 64.1 Å². The predicted molar refractivity (Wildman–Crippen MR) is 65.9 cm³/mol. The molecule has 1 fully saturated rings. The lowest BCUT2D eigenvalue weighted by Crippen LogP contribution is -2.38. The van der Waals surface area contributed by atoms with Crippen LogP contribution >= 0.6 is 15.9 Å². The van der Waals surface area contributed by atoms with Gasteiger partial charge in [-0.3, -0.25) is 4.68 Å². The van der Waals surface area contributed by atoms with E-state index in [1.54, 1.807) is 6.20 Å². The summed E-state index contributed by atoms with van der Waals surface area (Å²) in [6.07, 6.45) is 4.94. The molecule has 0 atom stereocenters. The fourth-order valence-corrected chi connectivity index (χ4v) is 3.08. The van der Waals surface area contributed by atoms with Crippen LogP contribution in [0.25, 0.3) is 0 Å². The smallest absolute Gasteiger partial charge is 0.107 e. The van der Waals surface area contributed by atoms with Gasteiger partial charge >= 0.3 is 0 Å². The Morgan fingerprint density at radius 3 is 2.81 bits per heavy atom. The van der Waals surface area contributed by atoms with Gasteiger partial charge in [-0.15, -0.1) is 0 Å². The fourth-order valence-electron chi connectivity index (χ4n) is 2.42. The van der Waals surface area contributed by atoms with Gasteiger partial charge in [0.1, 0.15) is 5.60 Å². The van der Waals surface area contributed by atoms with Crippen molar-refractivity contribution in [2.45, 2.75) is 50.8 Å². The minimum absolute atomic E-state index is 0.233. The van der Waals surface area contributed by atoms with Crippen molar-refractivity contribution in [2.24, 2.45) is 5.73 Å². The van der Waals surface area contributed by atoms with Crippen LogP contribution in [-0.2, 0) is 12.1 Å². The van der Waals surface area contributed by atoms with Gasteiger partial charge in [0, 0.05) is 12.6 Å². The van der Waals surface area contributed by atoms with Crippen LogP contribution in [0.1, 0.15) is 38.3 Å². The van der Waals surface area contributed by atoms with Crippen molar-refractivity contribution in [1.82, 2.24) is 9.78 Å². The van der Waals surface area contributed by atoms with E-state index in [9.17, 15) is 5.11 Å². The molecule has 0 saturated heterocycles. The Labute approximate surface area is 104 Å². The Hall–Kier alpha value is -0.390. The van der Waals surface area contributed by atoms with E-state index >= 15 is 0 Å². The average Bonchev–Trinajstić information content (AvgIpc) is 2.65. The van der Waals surface area contributed by atoms with Gasteiger partial charge in [-0.2, -0.15) is 5.10 Å². The second-order valence-electron chi connectivity index (χ2n) is 4.53. The first kappa shape index (κ1) is 12.1. The maximum absolute atomic E-state index is 10.7. The molecule has 0 amide bonds. The zero-order valence-electron chi connectivity index (χ0n) is 9.49. The molecule has 2 rings (SSSR count). The quantitative estimate of drug-likeness (QED) is 0.871. The van der Waals surface area contributed by atoms with Gasteiger partial charge in [0.15, 0.2) is 0 Å². The van der Waals surface area contributed by atoms with E-state index in [2.05, 4.69) is 21.0 Å². The van der Waals surface area contributed by atoms with Crippen molar-refractivity contribution in [2.75, 3.05) is 0 Å². The summed E-state index contributed by atoms with van der Waals surface area (Å²) < 4.78 is 2.76. The lowest BCUT2D eigenvalue weighted by Gasteiger charge is -2.35. The van der Waals surface area contributed by atoms with Gasteiger partial charge in [0.2, 0.25) is 0 Å². The molecule has 0 spiro atoms. The summed E-state index contributed by atoms with van der Waals surface area (Å²) >= 11 is 3.47. The van der Waals surface area contributed by atoms with Gasteiger partial charge in [-0.1, -0.05) is 0 Å². The highest BCUT2D eigenvalue weighted by Crippen LogP contribution is 2.39. The van der Waals surface area contributed by atoms with Crippen molar-refractivity contribution in [3.63, 3.8) is 0 Å². The van der Waals surface area contributed by atoms with E-state index in [1.807, 2.05) is 11.6 Å². The first-order chi connectivity index (χ1) is 7.57. The minimum atomic E-state index is -0.763. The molecule has 1 aromatic rings. The standard InChI is InChI=1S/C11H18BrN3O/c1-2-15-10(9(12)7-14-15)11(16)5-3-8(13)4-6-11/h7-8,16H,2-6,13H2,1H3. The van der Waals surface area contributed by atoms with Crippen LogP contribution in [0.2, 0.25) is 0 Å². The van der Waals surface area contributed by atoms with Crippen molar-refractivity contribution in [3.8, 4) is 0 Å². The second kappa shape index (κ2) is 4.47. The molecule has 0 aliphatic heterocycles. The van der Waals surface area contributed by atoms with Crippen molar-refractivity contribution < 1.29 is 5.11 Å². The Bertz CT molecular complexity index is 369. The number of hydrogen-bond donors (Lipinski definition) is 2. The second-order valence-corrected chi connectivity index (χ2v) is 5.38. The largest absolute Gasteiger partial charge is 0.384 e. The van der Waals surface area contributed by atoms with Crippen molar-refractivity contribution in [1.29, 1.82) is 0 Å². The highest BCUT2D eigenvalue weighted by molar-refractivity contribution is 9.10. The first-order valence-electron chi connectivity index (χ1n) is 5.76. The molecular formula is C11H18BrN3O. The number of hydrogen-bond acceptors (Lipinski definition) is 3. The Balaban J connectivity index is 2.31. The predicted octanol–water partition coefficient (Wildman–Crippen LogP) is 1.75. The number of nitrogens with two attached hydrogens (primary N) is 1. The maximum atomic E-state index is 10.7. The SMILES string of the molecule is CCn1ncc(Br)c1C1(O)CCC(N)CC1. The lowest BCUT2D eigenvalue weighted by molar-refractivity contribution is -0.0134. The average molecular weight is 288 g/mol. The molecule has 1 aliphatic rings. The molecular weight excluding hydrogens is 270 g/mol. The van der Waals surface area contributed by atoms with E-state index in [0.717, 1.165) is 42.4 Å². The van der Waals surface area contributed by atoms with Crippen molar-refractivity contribution in [3.05, 3.63) is 16.4 Å². The van der Waals surface area contributed by atoms with Gasteiger partial charge in [-0.25, -0.2) is 0 Å². The third kappa shape index (κ3) is 2.04. The molecule has 0 radical (unpaired) electrons. The van der Waals surface area contributed by atoms with Gasteiger partial charge < -0.3 is 10.8 Å². The molecule has 1 aliphatic carbocycles. The summed E-state index contributed by atoms with van der Waals surface area (Å²) in [6.45, 7) is 2.80. The number of aliphatic hydroxyl groups is 1. The fraction of sp³-hybridized carbons (Fsp3) is 0.727. The van der Waals surface area contributed by atoms with Gasteiger partial charge in [0.05, 0.1) is 16.4 Å². The molecule has 4 nitrogen and oxygen atoms in total. The highest BCUT2D eigenvalue weighted by atomic mass is 79.9. The minimum Gasteiger partial charge on any atom is -0.384 e. The maximum Gasteiger partial charge on any atom is 0.107 e. The Morgan fingerprint density at radius 2 is 2.25 bits per heavy atom. The van der Waals surface area contributed by atoms with Crippen LogP contribution in [0.15, 0.2) is 10.7 Å². The van der Waals surface area contributed by atoms with Crippen LogP contribution in [-0.4, -0.2) is 20.9 Å². The van der Waals surface area contributed by atoms with Crippen LogP contribution < -0.4 is 5.73 Å². The summed E-state index contributed by atoms with van der Waals surface area (Å²) in [7, 11) is 0. The van der Waals surface area contributed by atoms with Gasteiger partial charge in [0.25, 0.3) is 0 Å². The van der Waals surface area contributed by atoms with Crippen molar-refractivity contribution >= 4 is 15.9 Å². The summed E-state index contributed by atoms with van der Waals surface area (Å²) in [5, 5.41) is 14.9. The molecule has 1 saturated carbocycles. The number of aryl methyl sites for hydroxylation is 1. The van der Waals surface area contributed by atoms with E-state index in [-0.39, 0.29) is 6.04 Å². The van der Waals surface area contributed by atoms with Gasteiger partial charge in [-0.05, 0) is 48.5 Å². The number of rotatable bonds is 2. The third-order valence-corrected chi connectivity index (χ3v) is 3.97. The zero-order valence-corrected chi connectivity index (χ0v) is 11.1. The normalized spacial score (nSPS) is 30.6. The summed E-state index contributed by atoms with van der Waals surface area (Å²) in [4.78, 5) is 0. The van der Waals surface area contributed by atoms with Crippen LogP contribution in [0.3, 0.4) is 0 Å². The molecule has 5 heteroatoms. The summed E-state index contributed by atoms with van der Waals surface area (Å²) in [6, 6.07) is 0.233. The summed E-state index contributed by atoms with van der Waals surface area (Å²) in [5.74, 6) is 0. The molecule has 16 heavy (non-hydrogen) atoms. The van der Waals surface area contributed by atoms with E-state index in [0.29, 0.717) is 0 Å². The summed E-state index contributed by atoms with van der Waals surface area (Å²) in [5.41, 5.74) is 6.01. The van der Waals surface area contributed by atoms with Crippen LogP contribution in [0.4, 0.5) is 0 Å². The molecule has 0 bridgehead atoms. The number of halogens is 1. The molecule has 3 N–H and O–H groups in total. The highest BCUT2D eigenvalue weighted by Gasteiger charge is 2.37. The monoisotopic (exact) mass is 287 g/mol. The third-order valence-electron chi connectivity index (χ3n) is 3.39.